The number of rotatable bonds is 2. The summed E-state index contributed by atoms with van der Waals surface area (Å²) in [5.41, 5.74) is 1.24. The zero-order chi connectivity index (χ0) is 9.97. The van der Waals surface area contributed by atoms with Gasteiger partial charge in [0.1, 0.15) is 6.10 Å². The highest BCUT2D eigenvalue weighted by molar-refractivity contribution is 9.09. The normalized spacial score (nSPS) is 32.0. The fraction of sp³-hybridized carbons (Fsp3) is 0.455. The molecule has 3 heteroatoms. The first-order valence-electron chi connectivity index (χ1n) is 4.80. The monoisotopic (exact) mass is 256 g/mol. The van der Waals surface area contributed by atoms with E-state index in [9.17, 15) is 0 Å². The topological polar surface area (TPSA) is 29.5 Å². The number of benzene rings is 1. The van der Waals surface area contributed by atoms with Crippen LogP contribution in [-0.2, 0) is 4.89 Å². The molecule has 0 radical (unpaired) electrons. The number of hydrogen-bond acceptors (Lipinski definition) is 2. The van der Waals surface area contributed by atoms with Gasteiger partial charge >= 0.3 is 0 Å². The van der Waals surface area contributed by atoms with Crippen LogP contribution in [0.25, 0.3) is 0 Å². The highest BCUT2D eigenvalue weighted by atomic mass is 79.9. The first-order chi connectivity index (χ1) is 6.81. The molecule has 0 aliphatic heterocycles. The van der Waals surface area contributed by atoms with Gasteiger partial charge in [-0.1, -0.05) is 46.3 Å². The molecule has 0 aromatic heterocycles. The van der Waals surface area contributed by atoms with E-state index in [1.807, 2.05) is 18.2 Å². The molecule has 76 valence electrons. The molecule has 3 unspecified atom stereocenters. The van der Waals surface area contributed by atoms with Crippen molar-refractivity contribution in [3.05, 3.63) is 35.9 Å². The Morgan fingerprint density at radius 1 is 1.21 bits per heavy atom. The van der Waals surface area contributed by atoms with Crippen molar-refractivity contribution in [1.29, 1.82) is 0 Å². The maximum Gasteiger partial charge on any atom is 0.101 e. The maximum atomic E-state index is 8.79. The Labute approximate surface area is 92.0 Å². The van der Waals surface area contributed by atoms with Gasteiger partial charge in [-0.05, 0) is 18.4 Å². The molecule has 0 saturated heterocycles. The van der Waals surface area contributed by atoms with Crippen LogP contribution in [-0.4, -0.2) is 16.2 Å². The Hall–Kier alpha value is -0.380. The quantitative estimate of drug-likeness (QED) is 0.501. The molecule has 1 aliphatic carbocycles. The van der Waals surface area contributed by atoms with Crippen LogP contribution in [0.3, 0.4) is 0 Å². The first kappa shape index (κ1) is 10.1. The van der Waals surface area contributed by atoms with Crippen LogP contribution in [0.5, 0.6) is 0 Å². The molecule has 1 N–H and O–H groups in total. The molecular weight excluding hydrogens is 244 g/mol. The van der Waals surface area contributed by atoms with Crippen molar-refractivity contribution in [2.45, 2.75) is 29.7 Å². The SMILES string of the molecule is OOC1CC(Br)CC1c1ccccc1. The molecule has 0 amide bonds. The second-order valence-electron chi connectivity index (χ2n) is 3.73. The summed E-state index contributed by atoms with van der Waals surface area (Å²) in [6.45, 7) is 0. The molecule has 0 spiro atoms. The molecule has 1 saturated carbocycles. The fourth-order valence-corrected chi connectivity index (χ4v) is 2.88. The molecule has 1 aliphatic rings. The Morgan fingerprint density at radius 2 is 1.93 bits per heavy atom. The Bertz CT molecular complexity index is 289. The third kappa shape index (κ3) is 2.00. The molecule has 1 fully saturated rings. The highest BCUT2D eigenvalue weighted by Crippen LogP contribution is 2.39. The van der Waals surface area contributed by atoms with E-state index >= 15 is 0 Å². The van der Waals surface area contributed by atoms with Crippen LogP contribution in [0.2, 0.25) is 0 Å². The lowest BCUT2D eigenvalue weighted by Crippen LogP contribution is -2.14. The minimum atomic E-state index is -0.0678. The third-order valence-electron chi connectivity index (χ3n) is 2.81. The van der Waals surface area contributed by atoms with Gasteiger partial charge in [0.25, 0.3) is 0 Å². The lowest BCUT2D eigenvalue weighted by Gasteiger charge is -2.16. The van der Waals surface area contributed by atoms with Crippen LogP contribution < -0.4 is 0 Å². The van der Waals surface area contributed by atoms with Gasteiger partial charge in [0, 0.05) is 10.7 Å². The molecule has 0 heterocycles. The Balaban J connectivity index is 2.18. The predicted octanol–water partition coefficient (Wildman–Crippen LogP) is 3.19. The van der Waals surface area contributed by atoms with Gasteiger partial charge in [0.2, 0.25) is 0 Å². The molecule has 0 bridgehead atoms. The van der Waals surface area contributed by atoms with Gasteiger partial charge in [0.05, 0.1) is 0 Å². The second kappa shape index (κ2) is 4.43. The molecule has 3 atom stereocenters. The summed E-state index contributed by atoms with van der Waals surface area (Å²) in [5, 5.41) is 8.79. The van der Waals surface area contributed by atoms with E-state index in [4.69, 9.17) is 5.26 Å². The second-order valence-corrected chi connectivity index (χ2v) is 5.02. The van der Waals surface area contributed by atoms with E-state index in [-0.39, 0.29) is 6.10 Å². The van der Waals surface area contributed by atoms with E-state index < -0.39 is 0 Å². The lowest BCUT2D eigenvalue weighted by molar-refractivity contribution is -0.279. The lowest BCUT2D eigenvalue weighted by atomic mass is 9.96. The molecule has 1 aromatic rings. The van der Waals surface area contributed by atoms with Gasteiger partial charge in [-0.2, -0.15) is 0 Å². The number of halogens is 1. The molecule has 2 rings (SSSR count). The molecular formula is C11H13BrO2. The molecule has 14 heavy (non-hydrogen) atoms. The van der Waals surface area contributed by atoms with Crippen LogP contribution >= 0.6 is 15.9 Å². The average Bonchev–Trinajstić information content (AvgIpc) is 2.61. The van der Waals surface area contributed by atoms with Gasteiger partial charge in [-0.15, -0.1) is 0 Å². The predicted molar refractivity (Wildman–Crippen MR) is 58.6 cm³/mol. The number of alkyl halides is 1. The first-order valence-corrected chi connectivity index (χ1v) is 5.72. The molecule has 2 nitrogen and oxygen atoms in total. The maximum absolute atomic E-state index is 8.79. The third-order valence-corrected chi connectivity index (χ3v) is 3.56. The summed E-state index contributed by atoms with van der Waals surface area (Å²) >= 11 is 3.57. The van der Waals surface area contributed by atoms with Crippen LogP contribution in [0.1, 0.15) is 24.3 Å². The summed E-state index contributed by atoms with van der Waals surface area (Å²) in [7, 11) is 0. The van der Waals surface area contributed by atoms with Crippen molar-refractivity contribution in [1.82, 2.24) is 0 Å². The standard InChI is InChI=1S/C11H13BrO2/c12-9-6-10(11(7-9)14-13)8-4-2-1-3-5-8/h1-5,9-11,13H,6-7H2. The van der Waals surface area contributed by atoms with E-state index in [0.29, 0.717) is 10.7 Å². The fourth-order valence-electron chi connectivity index (χ4n) is 2.11. The summed E-state index contributed by atoms with van der Waals surface area (Å²) < 4.78 is 0. The average molecular weight is 257 g/mol. The Kier molecular flexibility index (Phi) is 3.21. The minimum Gasteiger partial charge on any atom is -0.252 e. The van der Waals surface area contributed by atoms with Crippen molar-refractivity contribution in [3.63, 3.8) is 0 Å². The zero-order valence-corrected chi connectivity index (χ0v) is 9.35. The van der Waals surface area contributed by atoms with Crippen molar-refractivity contribution < 1.29 is 10.1 Å². The van der Waals surface area contributed by atoms with Crippen LogP contribution in [0.15, 0.2) is 30.3 Å². The summed E-state index contributed by atoms with van der Waals surface area (Å²) in [6, 6.07) is 10.2. The van der Waals surface area contributed by atoms with Crippen LogP contribution in [0, 0.1) is 0 Å². The van der Waals surface area contributed by atoms with Gasteiger partial charge in [0.15, 0.2) is 0 Å². The van der Waals surface area contributed by atoms with E-state index in [0.717, 1.165) is 12.8 Å². The summed E-state index contributed by atoms with van der Waals surface area (Å²) in [5.74, 6) is 0.311. The largest absolute Gasteiger partial charge is 0.252 e. The van der Waals surface area contributed by atoms with Crippen molar-refractivity contribution in [2.75, 3.05) is 0 Å². The van der Waals surface area contributed by atoms with E-state index in [2.05, 4.69) is 33.0 Å². The van der Waals surface area contributed by atoms with Gasteiger partial charge in [-0.25, -0.2) is 4.89 Å². The Morgan fingerprint density at radius 3 is 2.57 bits per heavy atom. The van der Waals surface area contributed by atoms with Crippen molar-refractivity contribution in [2.24, 2.45) is 0 Å². The van der Waals surface area contributed by atoms with Crippen molar-refractivity contribution >= 4 is 15.9 Å². The smallest absolute Gasteiger partial charge is 0.101 e. The zero-order valence-electron chi connectivity index (χ0n) is 7.77. The van der Waals surface area contributed by atoms with E-state index in [1.165, 1.54) is 5.56 Å². The van der Waals surface area contributed by atoms with Gasteiger partial charge in [-0.3, -0.25) is 5.26 Å². The van der Waals surface area contributed by atoms with Crippen molar-refractivity contribution in [3.8, 4) is 0 Å². The minimum absolute atomic E-state index is 0.0678. The van der Waals surface area contributed by atoms with E-state index in [1.54, 1.807) is 0 Å². The van der Waals surface area contributed by atoms with Crippen LogP contribution in [0.4, 0.5) is 0 Å². The number of hydrogen-bond donors (Lipinski definition) is 1. The van der Waals surface area contributed by atoms with Gasteiger partial charge < -0.3 is 0 Å². The summed E-state index contributed by atoms with van der Waals surface area (Å²) in [4.78, 5) is 4.97. The summed E-state index contributed by atoms with van der Waals surface area (Å²) in [6.07, 6.45) is 1.83. The molecule has 1 aromatic carbocycles. The highest BCUT2D eigenvalue weighted by Gasteiger charge is 2.34.